The Kier molecular flexibility index (Phi) is 5.59. The van der Waals surface area contributed by atoms with E-state index < -0.39 is 0 Å². The number of benzene rings is 4. The Hall–Kier alpha value is -4.46. The van der Waals surface area contributed by atoms with Crippen LogP contribution in [0.1, 0.15) is 31.8 Å². The van der Waals surface area contributed by atoms with E-state index in [2.05, 4.69) is 0 Å². The fourth-order valence-corrected chi connectivity index (χ4v) is 5.03. The molecule has 8 heteroatoms. The standard InChI is InChI=1S/C28H24O8/c1-31-17-11-13-7-9-15-21(19(13)27(35-5)25(17)33-3)24(30)22-16(23(15)29)10-8-14-12-18(32-2)26(34-4)28(36-6)20(14)22/h7-12H,1-6H3. The van der Waals surface area contributed by atoms with Crippen LogP contribution in [0.3, 0.4) is 0 Å². The second-order valence-electron chi connectivity index (χ2n) is 8.12. The minimum absolute atomic E-state index is 0.229. The fraction of sp³-hybridized carbons (Fsp3) is 0.214. The van der Waals surface area contributed by atoms with Crippen LogP contribution in [0.15, 0.2) is 36.4 Å². The third kappa shape index (κ3) is 3.00. The van der Waals surface area contributed by atoms with Gasteiger partial charge in [0.15, 0.2) is 34.6 Å². The van der Waals surface area contributed by atoms with E-state index >= 15 is 0 Å². The van der Waals surface area contributed by atoms with Gasteiger partial charge in [0.25, 0.3) is 0 Å². The van der Waals surface area contributed by atoms with Crippen LogP contribution in [0.5, 0.6) is 34.5 Å². The molecule has 0 fully saturated rings. The van der Waals surface area contributed by atoms with Crippen LogP contribution in [-0.2, 0) is 0 Å². The molecule has 0 N–H and O–H groups in total. The first-order valence-electron chi connectivity index (χ1n) is 11.1. The molecule has 8 nitrogen and oxygen atoms in total. The van der Waals surface area contributed by atoms with Crippen molar-refractivity contribution in [1.29, 1.82) is 0 Å². The summed E-state index contributed by atoms with van der Waals surface area (Å²) in [5.74, 6) is 1.53. The minimum atomic E-state index is -0.341. The third-order valence-corrected chi connectivity index (χ3v) is 6.56. The van der Waals surface area contributed by atoms with Crippen molar-refractivity contribution in [3.8, 4) is 34.5 Å². The van der Waals surface area contributed by atoms with Crippen molar-refractivity contribution < 1.29 is 38.0 Å². The zero-order chi connectivity index (χ0) is 25.7. The third-order valence-electron chi connectivity index (χ3n) is 6.56. The Morgan fingerprint density at radius 2 is 0.861 bits per heavy atom. The summed E-state index contributed by atoms with van der Waals surface area (Å²) in [7, 11) is 8.98. The lowest BCUT2D eigenvalue weighted by molar-refractivity contribution is 0.0981. The number of rotatable bonds is 6. The zero-order valence-corrected chi connectivity index (χ0v) is 20.7. The van der Waals surface area contributed by atoms with E-state index in [1.807, 2.05) is 0 Å². The molecule has 0 aromatic heterocycles. The summed E-state index contributed by atoms with van der Waals surface area (Å²) in [6.07, 6.45) is 0. The molecule has 0 saturated carbocycles. The SMILES string of the molecule is COc1cc2ccc3c(c2c(OC)c1OC)C(=O)c1c(ccc2cc(OC)c(OC)c(OC)c12)C3=O. The van der Waals surface area contributed by atoms with Crippen LogP contribution in [0.25, 0.3) is 21.5 Å². The molecule has 1 aliphatic carbocycles. The maximum atomic E-state index is 14.3. The molecule has 0 amide bonds. The molecular weight excluding hydrogens is 464 g/mol. The molecule has 0 bridgehead atoms. The van der Waals surface area contributed by atoms with E-state index in [0.29, 0.717) is 56.0 Å². The second kappa shape index (κ2) is 8.64. The highest BCUT2D eigenvalue weighted by Crippen LogP contribution is 2.50. The number of ether oxygens (including phenoxy) is 6. The molecule has 4 aromatic rings. The highest BCUT2D eigenvalue weighted by molar-refractivity contribution is 6.36. The Balaban J connectivity index is 1.94. The van der Waals surface area contributed by atoms with Gasteiger partial charge in [0.2, 0.25) is 11.5 Å². The molecular formula is C28H24O8. The van der Waals surface area contributed by atoms with Crippen LogP contribution in [0.2, 0.25) is 0 Å². The Bertz CT molecular complexity index is 1470. The van der Waals surface area contributed by atoms with E-state index in [4.69, 9.17) is 28.4 Å². The Morgan fingerprint density at radius 3 is 1.19 bits per heavy atom. The summed E-state index contributed by atoms with van der Waals surface area (Å²) in [6, 6.07) is 10.3. The first kappa shape index (κ1) is 23.3. The van der Waals surface area contributed by atoms with Gasteiger partial charge in [-0.25, -0.2) is 0 Å². The largest absolute Gasteiger partial charge is 0.493 e. The highest BCUT2D eigenvalue weighted by atomic mass is 16.5. The van der Waals surface area contributed by atoms with E-state index in [9.17, 15) is 9.59 Å². The van der Waals surface area contributed by atoms with Crippen molar-refractivity contribution in [1.82, 2.24) is 0 Å². The Morgan fingerprint density at radius 1 is 0.472 bits per heavy atom. The van der Waals surface area contributed by atoms with Gasteiger partial charge in [-0.3, -0.25) is 9.59 Å². The topological polar surface area (TPSA) is 89.5 Å². The Labute approximate surface area is 207 Å². The molecule has 5 rings (SSSR count). The van der Waals surface area contributed by atoms with Crippen molar-refractivity contribution >= 4 is 33.1 Å². The van der Waals surface area contributed by atoms with Crippen LogP contribution in [-0.4, -0.2) is 54.2 Å². The molecule has 0 saturated heterocycles. The summed E-state index contributed by atoms with van der Waals surface area (Å²) in [5, 5.41) is 2.26. The zero-order valence-electron chi connectivity index (χ0n) is 20.7. The number of ketones is 2. The number of carbonyl (C=O) groups excluding carboxylic acids is 2. The summed E-state index contributed by atoms with van der Waals surface area (Å²) in [4.78, 5) is 28.1. The lowest BCUT2D eigenvalue weighted by Crippen LogP contribution is -2.22. The average molecular weight is 488 g/mol. The molecule has 36 heavy (non-hydrogen) atoms. The summed E-state index contributed by atoms with van der Waals surface area (Å²) in [5.41, 5.74) is 1.02. The maximum Gasteiger partial charge on any atom is 0.203 e. The van der Waals surface area contributed by atoms with Gasteiger partial charge < -0.3 is 28.4 Å². The lowest BCUT2D eigenvalue weighted by atomic mass is 9.79. The van der Waals surface area contributed by atoms with Gasteiger partial charge in [-0.1, -0.05) is 12.1 Å². The van der Waals surface area contributed by atoms with Crippen LogP contribution in [0, 0.1) is 0 Å². The van der Waals surface area contributed by atoms with Crippen molar-refractivity contribution in [2.45, 2.75) is 0 Å². The van der Waals surface area contributed by atoms with Gasteiger partial charge in [-0.15, -0.1) is 0 Å². The lowest BCUT2D eigenvalue weighted by Gasteiger charge is -2.24. The van der Waals surface area contributed by atoms with E-state index in [1.54, 1.807) is 36.4 Å². The normalized spacial score (nSPS) is 12.3. The van der Waals surface area contributed by atoms with Gasteiger partial charge in [0.1, 0.15) is 0 Å². The predicted octanol–water partition coefficient (Wildman–Crippen LogP) is 4.82. The van der Waals surface area contributed by atoms with Crippen molar-refractivity contribution in [3.05, 3.63) is 58.7 Å². The fourth-order valence-electron chi connectivity index (χ4n) is 5.03. The smallest absolute Gasteiger partial charge is 0.203 e. The molecule has 184 valence electrons. The first-order chi connectivity index (χ1) is 17.4. The molecule has 0 radical (unpaired) electrons. The molecule has 1 aliphatic rings. The monoisotopic (exact) mass is 488 g/mol. The molecule has 0 atom stereocenters. The summed E-state index contributed by atoms with van der Waals surface area (Å²) >= 11 is 0. The summed E-state index contributed by atoms with van der Waals surface area (Å²) < 4.78 is 33.5. The van der Waals surface area contributed by atoms with E-state index in [0.717, 1.165) is 0 Å². The van der Waals surface area contributed by atoms with Crippen molar-refractivity contribution in [2.75, 3.05) is 42.7 Å². The molecule has 0 heterocycles. The van der Waals surface area contributed by atoms with Gasteiger partial charge in [-0.2, -0.15) is 0 Å². The quantitative estimate of drug-likeness (QED) is 0.336. The number of fused-ring (bicyclic) bond motifs is 6. The molecule has 0 aliphatic heterocycles. The van der Waals surface area contributed by atoms with Crippen molar-refractivity contribution in [3.63, 3.8) is 0 Å². The average Bonchev–Trinajstić information content (AvgIpc) is 2.92. The number of carbonyl (C=O) groups is 2. The second-order valence-corrected chi connectivity index (χ2v) is 8.12. The molecule has 0 unspecified atom stereocenters. The van der Waals surface area contributed by atoms with Gasteiger partial charge in [0, 0.05) is 33.0 Å². The minimum Gasteiger partial charge on any atom is -0.493 e. The van der Waals surface area contributed by atoms with Crippen LogP contribution in [0.4, 0.5) is 0 Å². The van der Waals surface area contributed by atoms with Crippen LogP contribution < -0.4 is 28.4 Å². The van der Waals surface area contributed by atoms with Gasteiger partial charge in [-0.05, 0) is 35.0 Å². The number of hydrogen-bond acceptors (Lipinski definition) is 8. The van der Waals surface area contributed by atoms with Gasteiger partial charge in [0.05, 0.1) is 42.7 Å². The van der Waals surface area contributed by atoms with Crippen LogP contribution >= 0.6 is 0 Å². The van der Waals surface area contributed by atoms with Crippen molar-refractivity contribution in [2.24, 2.45) is 0 Å². The number of methoxy groups -OCH3 is 6. The maximum absolute atomic E-state index is 14.3. The van der Waals surface area contributed by atoms with E-state index in [-0.39, 0.29) is 33.8 Å². The van der Waals surface area contributed by atoms with Gasteiger partial charge >= 0.3 is 0 Å². The highest BCUT2D eigenvalue weighted by Gasteiger charge is 2.36. The number of hydrogen-bond donors (Lipinski definition) is 0. The molecule has 0 spiro atoms. The molecule has 4 aromatic carbocycles. The summed E-state index contributed by atoms with van der Waals surface area (Å²) in [6.45, 7) is 0. The van der Waals surface area contributed by atoms with E-state index in [1.165, 1.54) is 42.7 Å². The predicted molar refractivity (Wildman–Crippen MR) is 134 cm³/mol. The first-order valence-corrected chi connectivity index (χ1v) is 11.1.